The van der Waals surface area contributed by atoms with Crippen LogP contribution in [0.1, 0.15) is 65.7 Å². The average molecular weight is 252 g/mol. The van der Waals surface area contributed by atoms with Gasteiger partial charge < -0.3 is 5.32 Å². The van der Waals surface area contributed by atoms with Crippen molar-refractivity contribution in [3.8, 4) is 0 Å². The van der Waals surface area contributed by atoms with Crippen LogP contribution in [0.4, 0.5) is 0 Å². The summed E-state index contributed by atoms with van der Waals surface area (Å²) in [5.74, 6) is 0. The topological polar surface area (TPSA) is 15.3 Å². The first-order chi connectivity index (χ1) is 8.65. The molecule has 1 aliphatic heterocycles. The van der Waals surface area contributed by atoms with Crippen molar-refractivity contribution in [2.24, 2.45) is 5.41 Å². The molecule has 2 nitrogen and oxygen atoms in total. The minimum atomic E-state index is 0.475. The molecule has 106 valence electrons. The number of hydrogen-bond donors (Lipinski definition) is 1. The molecule has 0 bridgehead atoms. The molecular weight excluding hydrogens is 220 g/mol. The maximum absolute atomic E-state index is 3.78. The van der Waals surface area contributed by atoms with Crippen LogP contribution in [0, 0.1) is 5.41 Å². The van der Waals surface area contributed by atoms with E-state index in [0.717, 1.165) is 12.6 Å². The van der Waals surface area contributed by atoms with Gasteiger partial charge in [-0.3, -0.25) is 4.90 Å². The van der Waals surface area contributed by atoms with E-state index >= 15 is 0 Å². The van der Waals surface area contributed by atoms with E-state index in [9.17, 15) is 0 Å². The van der Waals surface area contributed by atoms with Gasteiger partial charge in [0.1, 0.15) is 0 Å². The van der Waals surface area contributed by atoms with Crippen LogP contribution in [0.25, 0.3) is 0 Å². The molecule has 0 amide bonds. The van der Waals surface area contributed by atoms with Crippen LogP contribution < -0.4 is 5.32 Å². The quantitative estimate of drug-likeness (QED) is 0.828. The molecule has 2 atom stereocenters. The second kappa shape index (κ2) is 6.38. The third-order valence-corrected chi connectivity index (χ3v) is 5.09. The fraction of sp³-hybridized carbons (Fsp3) is 1.00. The summed E-state index contributed by atoms with van der Waals surface area (Å²) in [6.45, 7) is 10.9. The predicted octanol–water partition coefficient (Wildman–Crippen LogP) is 3.42. The standard InChI is InChI=1S/C16H32N2/c1-4-17-15-14(10-11-16(15,2)3)18-12-8-6-5-7-9-13-18/h14-15,17H,4-13H2,1-3H3. The van der Waals surface area contributed by atoms with Crippen LogP contribution in [0.2, 0.25) is 0 Å². The van der Waals surface area contributed by atoms with E-state index in [2.05, 4.69) is 31.0 Å². The first-order valence-electron chi connectivity index (χ1n) is 8.12. The Balaban J connectivity index is 2.00. The molecule has 2 unspecified atom stereocenters. The molecule has 2 aliphatic rings. The van der Waals surface area contributed by atoms with E-state index < -0.39 is 0 Å². The highest BCUT2D eigenvalue weighted by Gasteiger charge is 2.43. The van der Waals surface area contributed by atoms with Gasteiger partial charge in [0.2, 0.25) is 0 Å². The molecule has 1 aliphatic carbocycles. The van der Waals surface area contributed by atoms with E-state index in [-0.39, 0.29) is 0 Å². The van der Waals surface area contributed by atoms with E-state index in [1.165, 1.54) is 58.0 Å². The molecule has 0 radical (unpaired) electrons. The lowest BCUT2D eigenvalue weighted by Crippen LogP contribution is -2.52. The maximum Gasteiger partial charge on any atom is 0.0274 e. The van der Waals surface area contributed by atoms with Crippen LogP contribution in [0.5, 0.6) is 0 Å². The molecule has 1 heterocycles. The van der Waals surface area contributed by atoms with Gasteiger partial charge in [0.15, 0.2) is 0 Å². The summed E-state index contributed by atoms with van der Waals surface area (Å²) in [5, 5.41) is 3.78. The monoisotopic (exact) mass is 252 g/mol. The SMILES string of the molecule is CCNC1C(N2CCCCCCC2)CCC1(C)C. The van der Waals surface area contributed by atoms with Crippen molar-refractivity contribution in [3.05, 3.63) is 0 Å². The fourth-order valence-corrected chi connectivity index (χ4v) is 3.99. The van der Waals surface area contributed by atoms with Crippen molar-refractivity contribution in [3.63, 3.8) is 0 Å². The zero-order valence-electron chi connectivity index (χ0n) is 12.7. The number of nitrogens with zero attached hydrogens (tertiary/aromatic N) is 1. The van der Waals surface area contributed by atoms with Gasteiger partial charge in [-0.05, 0) is 50.7 Å². The molecule has 2 heteroatoms. The third-order valence-electron chi connectivity index (χ3n) is 5.09. The van der Waals surface area contributed by atoms with Crippen LogP contribution in [0.3, 0.4) is 0 Å². The van der Waals surface area contributed by atoms with Gasteiger partial charge in [-0.1, -0.05) is 40.0 Å². The van der Waals surface area contributed by atoms with Crippen molar-refractivity contribution in [2.75, 3.05) is 19.6 Å². The van der Waals surface area contributed by atoms with Crippen molar-refractivity contribution >= 4 is 0 Å². The smallest absolute Gasteiger partial charge is 0.0274 e. The van der Waals surface area contributed by atoms with Crippen molar-refractivity contribution < 1.29 is 0 Å². The van der Waals surface area contributed by atoms with Crippen LogP contribution in [-0.2, 0) is 0 Å². The predicted molar refractivity (Wildman–Crippen MR) is 78.9 cm³/mol. The minimum Gasteiger partial charge on any atom is -0.312 e. The summed E-state index contributed by atoms with van der Waals surface area (Å²) < 4.78 is 0. The molecule has 1 N–H and O–H groups in total. The number of nitrogens with one attached hydrogen (secondary N) is 1. The summed E-state index contributed by atoms with van der Waals surface area (Å²) in [6.07, 6.45) is 9.94. The Bertz CT molecular complexity index is 241. The lowest BCUT2D eigenvalue weighted by atomic mass is 9.86. The largest absolute Gasteiger partial charge is 0.312 e. The molecule has 0 aromatic heterocycles. The van der Waals surface area contributed by atoms with E-state index in [1.54, 1.807) is 0 Å². The molecule has 1 saturated heterocycles. The first-order valence-corrected chi connectivity index (χ1v) is 8.12. The van der Waals surface area contributed by atoms with Crippen molar-refractivity contribution in [1.82, 2.24) is 10.2 Å². The Morgan fingerprint density at radius 2 is 1.67 bits per heavy atom. The lowest BCUT2D eigenvalue weighted by molar-refractivity contribution is 0.134. The number of rotatable bonds is 3. The first kappa shape index (κ1) is 14.3. The Labute approximate surface area is 114 Å². The zero-order chi connectivity index (χ0) is 13.0. The number of likely N-dealkylation sites (N-methyl/N-ethyl adjacent to an activating group) is 1. The Kier molecular flexibility index (Phi) is 5.08. The van der Waals surface area contributed by atoms with Crippen LogP contribution in [0.15, 0.2) is 0 Å². The van der Waals surface area contributed by atoms with Crippen molar-refractivity contribution in [2.45, 2.75) is 77.8 Å². The highest BCUT2D eigenvalue weighted by atomic mass is 15.2. The molecule has 0 aromatic rings. The summed E-state index contributed by atoms with van der Waals surface area (Å²) in [5.41, 5.74) is 0.475. The third kappa shape index (κ3) is 3.27. The van der Waals surface area contributed by atoms with Crippen LogP contribution in [-0.4, -0.2) is 36.6 Å². The molecular formula is C16H32N2. The Hall–Kier alpha value is -0.0800. The van der Waals surface area contributed by atoms with Gasteiger partial charge in [-0.2, -0.15) is 0 Å². The zero-order valence-corrected chi connectivity index (χ0v) is 12.7. The normalized spacial score (nSPS) is 34.2. The molecule has 0 aromatic carbocycles. The number of hydrogen-bond acceptors (Lipinski definition) is 2. The molecule has 18 heavy (non-hydrogen) atoms. The summed E-state index contributed by atoms with van der Waals surface area (Å²) in [7, 11) is 0. The second-order valence-corrected chi connectivity index (χ2v) is 6.93. The summed E-state index contributed by atoms with van der Waals surface area (Å²) in [4.78, 5) is 2.81. The van der Waals surface area contributed by atoms with Crippen LogP contribution >= 0.6 is 0 Å². The molecule has 0 spiro atoms. The van der Waals surface area contributed by atoms with E-state index in [1.807, 2.05) is 0 Å². The van der Waals surface area contributed by atoms with Gasteiger partial charge in [-0.15, -0.1) is 0 Å². The maximum atomic E-state index is 3.78. The van der Waals surface area contributed by atoms with Gasteiger partial charge in [0.25, 0.3) is 0 Å². The molecule has 2 rings (SSSR count). The Morgan fingerprint density at radius 1 is 1.06 bits per heavy atom. The lowest BCUT2D eigenvalue weighted by Gasteiger charge is -2.38. The van der Waals surface area contributed by atoms with Gasteiger partial charge >= 0.3 is 0 Å². The minimum absolute atomic E-state index is 0.475. The number of likely N-dealkylation sites (tertiary alicyclic amines) is 1. The van der Waals surface area contributed by atoms with Crippen molar-refractivity contribution in [1.29, 1.82) is 0 Å². The average Bonchev–Trinajstić information content (AvgIpc) is 2.56. The Morgan fingerprint density at radius 3 is 2.28 bits per heavy atom. The van der Waals surface area contributed by atoms with E-state index in [4.69, 9.17) is 0 Å². The summed E-state index contributed by atoms with van der Waals surface area (Å²) in [6, 6.07) is 1.49. The molecule has 1 saturated carbocycles. The second-order valence-electron chi connectivity index (χ2n) is 6.93. The highest BCUT2D eigenvalue weighted by molar-refractivity contribution is 5.01. The van der Waals surface area contributed by atoms with Gasteiger partial charge in [0.05, 0.1) is 0 Å². The molecule has 2 fully saturated rings. The highest BCUT2D eigenvalue weighted by Crippen LogP contribution is 2.40. The van der Waals surface area contributed by atoms with Gasteiger partial charge in [0, 0.05) is 12.1 Å². The van der Waals surface area contributed by atoms with E-state index in [0.29, 0.717) is 11.5 Å². The fourth-order valence-electron chi connectivity index (χ4n) is 3.99. The van der Waals surface area contributed by atoms with Gasteiger partial charge in [-0.25, -0.2) is 0 Å². The summed E-state index contributed by atoms with van der Waals surface area (Å²) >= 11 is 0.